The average molecular weight is 514 g/mol. The molecule has 0 bridgehead atoms. The summed E-state index contributed by atoms with van der Waals surface area (Å²) < 4.78 is 5.86. The van der Waals surface area contributed by atoms with Gasteiger partial charge in [0, 0.05) is 11.4 Å². The van der Waals surface area contributed by atoms with Crippen LogP contribution < -0.4 is 10.1 Å². The number of hydrogen-bond donors (Lipinski definition) is 2. The van der Waals surface area contributed by atoms with Crippen molar-refractivity contribution < 1.29 is 19.4 Å². The van der Waals surface area contributed by atoms with E-state index in [2.05, 4.69) is 42.7 Å². The minimum absolute atomic E-state index is 0.220. The summed E-state index contributed by atoms with van der Waals surface area (Å²) in [4.78, 5) is 21.2. The second kappa shape index (κ2) is 17.5. The van der Waals surface area contributed by atoms with Gasteiger partial charge in [0.05, 0.1) is 5.66 Å². The Balaban J connectivity index is 0.000000468. The lowest BCUT2D eigenvalue weighted by molar-refractivity contribution is -0.120. The van der Waals surface area contributed by atoms with Crippen molar-refractivity contribution in [2.45, 2.75) is 45.5 Å². The van der Waals surface area contributed by atoms with Crippen LogP contribution in [0.3, 0.4) is 0 Å². The van der Waals surface area contributed by atoms with Crippen molar-refractivity contribution in [2.24, 2.45) is 0 Å². The molecule has 1 aliphatic heterocycles. The van der Waals surface area contributed by atoms with Gasteiger partial charge in [-0.25, -0.2) is 0 Å². The van der Waals surface area contributed by atoms with E-state index in [1.165, 1.54) is 23.9 Å². The highest BCUT2D eigenvalue weighted by Gasteiger charge is 2.21. The Bertz CT molecular complexity index is 982. The molecule has 0 saturated carbocycles. The number of para-hydroxylation sites is 1. The molecule has 0 radical (unpaired) electrons. The van der Waals surface area contributed by atoms with Gasteiger partial charge in [-0.1, -0.05) is 42.5 Å². The molecule has 4 rings (SSSR count). The number of nitrogens with one attached hydrogen (secondary N) is 1. The topological polar surface area (TPSA) is 75.6 Å². The number of carbonyl (C=O) groups is 2. The highest BCUT2D eigenvalue weighted by Crippen LogP contribution is 2.32. The molecule has 1 amide bonds. The first-order valence-corrected chi connectivity index (χ1v) is 13.4. The van der Waals surface area contributed by atoms with E-state index in [-0.39, 0.29) is 11.6 Å². The third-order valence-electron chi connectivity index (χ3n) is 5.08. The van der Waals surface area contributed by atoms with E-state index in [0.29, 0.717) is 18.2 Å². The Labute approximate surface area is 215 Å². The fourth-order valence-corrected chi connectivity index (χ4v) is 5.33. The fourth-order valence-electron chi connectivity index (χ4n) is 3.28. The molecule has 188 valence electrons. The second-order valence-electron chi connectivity index (χ2n) is 7.62. The van der Waals surface area contributed by atoms with Crippen molar-refractivity contribution in [2.75, 3.05) is 6.16 Å². The Morgan fingerprint density at radius 2 is 1.71 bits per heavy atom. The summed E-state index contributed by atoms with van der Waals surface area (Å²) in [6, 6.07) is 19.9. The number of rotatable bonds is 6. The Kier molecular flexibility index (Phi) is 15.0. The van der Waals surface area contributed by atoms with Gasteiger partial charge in [-0.3, -0.25) is 4.79 Å². The molecule has 1 fully saturated rings. The van der Waals surface area contributed by atoms with Crippen LogP contribution in [0.1, 0.15) is 34.4 Å². The van der Waals surface area contributed by atoms with Crippen LogP contribution in [0.4, 0.5) is 0 Å². The molecule has 3 aromatic rings. The third kappa shape index (κ3) is 11.3. The number of thiophene rings is 1. The molecule has 2 unspecified atom stereocenters. The first-order chi connectivity index (χ1) is 17.0. The van der Waals surface area contributed by atoms with Crippen LogP contribution in [0, 0.1) is 13.8 Å². The molecule has 0 aliphatic carbocycles. The summed E-state index contributed by atoms with van der Waals surface area (Å²) in [5.74, 6) is 1.14. The smallest absolute Gasteiger partial charge is 0.227 e. The van der Waals surface area contributed by atoms with Gasteiger partial charge in [-0.15, -0.1) is 33.1 Å². The Hall–Kier alpha value is -2.95. The summed E-state index contributed by atoms with van der Waals surface area (Å²) in [7, 11) is 0.802. The van der Waals surface area contributed by atoms with Crippen LogP contribution in [0.5, 0.6) is 10.8 Å². The van der Waals surface area contributed by atoms with Crippen molar-refractivity contribution in [3.05, 3.63) is 95.4 Å². The minimum atomic E-state index is 0.220. The van der Waals surface area contributed by atoms with Crippen molar-refractivity contribution >= 4 is 32.6 Å². The maximum atomic E-state index is 12.1. The number of ether oxygens (including phenoxy) is 1. The normalized spacial score (nSPS) is 14.3. The summed E-state index contributed by atoms with van der Waals surface area (Å²) in [5.41, 5.74) is 3.66. The lowest BCUT2D eigenvalue weighted by Crippen LogP contribution is -2.30. The van der Waals surface area contributed by atoms with E-state index in [1.807, 2.05) is 51.0 Å². The van der Waals surface area contributed by atoms with Gasteiger partial charge in [0.15, 0.2) is 5.06 Å². The average Bonchev–Trinajstić information content (AvgIpc) is 3.57. The lowest BCUT2D eigenvalue weighted by Gasteiger charge is -2.11. The standard InChI is InChI=1S/C20H24NO2P.C5H6OS.C2H4.CH2O/c1-15-5-2-3-6-18(15)23-14-17-10-8-16(9-11-17)13-21-20(22)19-7-4-12-24-19;1-4-2-3-5(6)7-4;2*1-2/h2-3,5-6,8-11,19,24H,4,7,12-14H2,1H3,(H,21,22);2-3,6H,1H3;1-2H2;1H2. The molecule has 7 heteroatoms. The predicted octanol–water partition coefficient (Wildman–Crippen LogP) is 6.41. The van der Waals surface area contributed by atoms with Crippen LogP contribution in [-0.4, -0.2) is 29.6 Å². The monoisotopic (exact) mass is 513 g/mol. The molecule has 2 atom stereocenters. The molecule has 5 nitrogen and oxygen atoms in total. The van der Waals surface area contributed by atoms with E-state index >= 15 is 0 Å². The third-order valence-corrected chi connectivity index (χ3v) is 7.57. The van der Waals surface area contributed by atoms with E-state index in [1.54, 1.807) is 6.07 Å². The van der Waals surface area contributed by atoms with Crippen molar-refractivity contribution in [1.29, 1.82) is 0 Å². The highest BCUT2D eigenvalue weighted by molar-refractivity contribution is 7.40. The van der Waals surface area contributed by atoms with Gasteiger partial charge in [0.1, 0.15) is 19.1 Å². The van der Waals surface area contributed by atoms with Crippen molar-refractivity contribution in [1.82, 2.24) is 5.32 Å². The lowest BCUT2D eigenvalue weighted by atomic mass is 10.1. The van der Waals surface area contributed by atoms with Gasteiger partial charge in [-0.05, 0) is 67.7 Å². The van der Waals surface area contributed by atoms with E-state index in [0.717, 1.165) is 42.3 Å². The fraction of sp³-hybridized carbons (Fsp3) is 0.286. The first-order valence-electron chi connectivity index (χ1n) is 11.3. The van der Waals surface area contributed by atoms with Crippen LogP contribution in [0.25, 0.3) is 0 Å². The SMILES string of the molecule is C=C.C=O.Cc1ccc(O)s1.Cc1ccccc1OCc1ccc(CNC(=O)C2CCCP2)cc1. The van der Waals surface area contributed by atoms with Crippen LogP contribution in [-0.2, 0) is 22.7 Å². The molecular weight excluding hydrogens is 477 g/mol. The molecule has 2 heterocycles. The zero-order chi connectivity index (χ0) is 26.1. The van der Waals surface area contributed by atoms with Gasteiger partial charge >= 0.3 is 0 Å². The molecular formula is C28H36NO4PS. The molecule has 2 aromatic carbocycles. The molecule has 1 aromatic heterocycles. The summed E-state index contributed by atoms with van der Waals surface area (Å²) in [5, 5.41) is 12.1. The first kappa shape index (κ1) is 30.1. The van der Waals surface area contributed by atoms with Crippen LogP contribution in [0.2, 0.25) is 0 Å². The number of aromatic hydroxyl groups is 1. The quantitative estimate of drug-likeness (QED) is 0.295. The number of carbonyl (C=O) groups excluding carboxylic acids is 2. The van der Waals surface area contributed by atoms with E-state index in [4.69, 9.17) is 14.6 Å². The maximum Gasteiger partial charge on any atom is 0.227 e. The highest BCUT2D eigenvalue weighted by atomic mass is 32.1. The number of benzene rings is 2. The molecule has 1 aliphatic rings. The summed E-state index contributed by atoms with van der Waals surface area (Å²) >= 11 is 1.40. The number of hydrogen-bond acceptors (Lipinski definition) is 5. The zero-order valence-corrected chi connectivity index (χ0v) is 22.4. The van der Waals surface area contributed by atoms with E-state index in [9.17, 15) is 4.79 Å². The molecule has 1 saturated heterocycles. The van der Waals surface area contributed by atoms with Crippen LogP contribution >= 0.6 is 19.9 Å². The maximum absolute atomic E-state index is 12.1. The zero-order valence-electron chi connectivity index (χ0n) is 20.6. The van der Waals surface area contributed by atoms with Crippen LogP contribution in [0.15, 0.2) is 73.8 Å². The number of amides is 1. The van der Waals surface area contributed by atoms with Gasteiger partial charge in [-0.2, -0.15) is 0 Å². The molecule has 0 spiro atoms. The molecule has 2 N–H and O–H groups in total. The van der Waals surface area contributed by atoms with Gasteiger partial charge in [0.2, 0.25) is 5.91 Å². The van der Waals surface area contributed by atoms with E-state index < -0.39 is 0 Å². The number of aryl methyl sites for hydroxylation is 2. The predicted molar refractivity (Wildman–Crippen MR) is 149 cm³/mol. The van der Waals surface area contributed by atoms with Gasteiger partial charge in [0.25, 0.3) is 0 Å². The Morgan fingerprint density at radius 3 is 2.23 bits per heavy atom. The minimum Gasteiger partial charge on any atom is -0.499 e. The summed E-state index contributed by atoms with van der Waals surface area (Å²) in [6.45, 7) is 13.2. The van der Waals surface area contributed by atoms with Gasteiger partial charge < -0.3 is 20.0 Å². The van der Waals surface area contributed by atoms with Crippen molar-refractivity contribution in [3.63, 3.8) is 0 Å². The second-order valence-corrected chi connectivity index (χ2v) is 10.5. The van der Waals surface area contributed by atoms with Crippen molar-refractivity contribution in [3.8, 4) is 10.8 Å². The molecule has 35 heavy (non-hydrogen) atoms. The Morgan fingerprint density at radius 1 is 1.06 bits per heavy atom. The summed E-state index contributed by atoms with van der Waals surface area (Å²) in [6.07, 6.45) is 3.47. The largest absolute Gasteiger partial charge is 0.499 e.